The van der Waals surface area contributed by atoms with Crippen molar-refractivity contribution < 1.29 is 33.4 Å². The zero-order valence-electron chi connectivity index (χ0n) is 35.8. The predicted octanol–water partition coefficient (Wildman–Crippen LogP) is 5.42. The largest absolute Gasteiger partial charge is 0.467 e. The number of ether oxygens (including phenoxy) is 2. The van der Waals surface area contributed by atoms with Crippen LogP contribution in [0.15, 0.2) is 42.5 Å². The normalized spacial score (nSPS) is 37.1. The lowest BCUT2D eigenvalue weighted by Crippen LogP contribution is -2.81. The summed E-state index contributed by atoms with van der Waals surface area (Å²) in [6.45, 7) is 15.5. The van der Waals surface area contributed by atoms with Crippen molar-refractivity contribution in [2.45, 2.75) is 120 Å². The molecule has 3 fully saturated rings. The highest BCUT2D eigenvalue weighted by Gasteiger charge is 2.80. The molecular formula is C47H60FN5O6. The summed E-state index contributed by atoms with van der Waals surface area (Å²) in [6, 6.07) is 8.64. The van der Waals surface area contributed by atoms with E-state index in [1.807, 2.05) is 13.1 Å². The predicted molar refractivity (Wildman–Crippen MR) is 224 cm³/mol. The number of esters is 2. The second-order valence-electron chi connectivity index (χ2n) is 19.1. The number of aromatic amines is 1. The van der Waals surface area contributed by atoms with E-state index in [1.165, 1.54) is 20.1 Å². The molecule has 1 aliphatic carbocycles. The lowest BCUT2D eigenvalue weighted by molar-refractivity contribution is -0.228. The monoisotopic (exact) mass is 809 g/mol. The van der Waals surface area contributed by atoms with Gasteiger partial charge in [0, 0.05) is 91.6 Å². The number of nitrogens with one attached hydrogen (secondary N) is 2. The molecule has 3 N–H and O–H groups in total. The van der Waals surface area contributed by atoms with Gasteiger partial charge < -0.3 is 34.7 Å². The summed E-state index contributed by atoms with van der Waals surface area (Å²) in [5.74, 6) is -1.45. The SMILES string of the molecule is CCC1(NC(C)=O)C[C@H]2CN(CCc3c([nH]c4ccc(F)cc34)[C@@](C)(c3cc4c(cc3C)N(C)C3[C@]45CCN4CC=C[C@@](CC)([C@@H](OC(C)=O)[C@]3(O)C(=O)OC)[C@H]45)C2)C1. The number of aliphatic hydroxyl groups is 1. The summed E-state index contributed by atoms with van der Waals surface area (Å²) in [5, 5.41) is 17.6. The Morgan fingerprint density at radius 2 is 1.83 bits per heavy atom. The van der Waals surface area contributed by atoms with Gasteiger partial charge in [-0.2, -0.15) is 0 Å². The molecule has 316 valence electrons. The maximum absolute atomic E-state index is 15.1. The van der Waals surface area contributed by atoms with Crippen molar-refractivity contribution in [3.05, 3.63) is 76.2 Å². The molecule has 2 aromatic carbocycles. The van der Waals surface area contributed by atoms with Crippen molar-refractivity contribution in [1.29, 1.82) is 0 Å². The van der Waals surface area contributed by atoms with Crippen molar-refractivity contribution in [3.63, 3.8) is 0 Å². The molecule has 1 aromatic heterocycles. The Morgan fingerprint density at radius 3 is 2.53 bits per heavy atom. The molecule has 59 heavy (non-hydrogen) atoms. The van der Waals surface area contributed by atoms with Gasteiger partial charge in [-0.3, -0.25) is 14.5 Å². The van der Waals surface area contributed by atoms with E-state index in [0.717, 1.165) is 90.0 Å². The molecular weight excluding hydrogens is 750 g/mol. The van der Waals surface area contributed by atoms with Crippen LogP contribution in [0.4, 0.5) is 10.1 Å². The number of hydrogen-bond donors (Lipinski definition) is 3. The van der Waals surface area contributed by atoms with Crippen molar-refractivity contribution in [3.8, 4) is 0 Å². The Balaban J connectivity index is 1.29. The van der Waals surface area contributed by atoms with Gasteiger partial charge in [-0.1, -0.05) is 32.1 Å². The molecule has 11 nitrogen and oxygen atoms in total. The van der Waals surface area contributed by atoms with E-state index in [0.29, 0.717) is 25.8 Å². The van der Waals surface area contributed by atoms with Gasteiger partial charge in [-0.05, 0) is 111 Å². The number of carbonyl (C=O) groups excluding carboxylic acids is 3. The van der Waals surface area contributed by atoms with Gasteiger partial charge in [0.05, 0.1) is 18.7 Å². The first-order chi connectivity index (χ1) is 28.0. The number of anilines is 1. The smallest absolute Gasteiger partial charge is 0.344 e. The summed E-state index contributed by atoms with van der Waals surface area (Å²) < 4.78 is 26.8. The average molecular weight is 810 g/mol. The fraction of sp³-hybridized carbons (Fsp3) is 0.596. The molecule has 9 rings (SSSR count). The van der Waals surface area contributed by atoms with Gasteiger partial charge in [0.15, 0.2) is 6.10 Å². The molecule has 3 unspecified atom stereocenters. The van der Waals surface area contributed by atoms with E-state index < -0.39 is 45.9 Å². The summed E-state index contributed by atoms with van der Waals surface area (Å²) in [7, 11) is 3.24. The van der Waals surface area contributed by atoms with Crippen LogP contribution < -0.4 is 10.2 Å². The molecule has 2 saturated heterocycles. The molecule has 10 atom stereocenters. The number of nitrogens with zero attached hydrogens (tertiary/aromatic N) is 3. The fourth-order valence-corrected chi connectivity index (χ4v) is 14.1. The third-order valence-electron chi connectivity index (χ3n) is 16.0. The summed E-state index contributed by atoms with van der Waals surface area (Å²) in [4.78, 5) is 50.9. The number of aryl methyl sites for hydroxylation is 1. The first kappa shape index (κ1) is 40.2. The molecule has 12 heteroatoms. The van der Waals surface area contributed by atoms with Crippen molar-refractivity contribution in [1.82, 2.24) is 20.1 Å². The molecule has 5 aliphatic heterocycles. The van der Waals surface area contributed by atoms with Gasteiger partial charge in [-0.25, -0.2) is 9.18 Å². The Hall–Kier alpha value is -4.26. The van der Waals surface area contributed by atoms with E-state index in [4.69, 9.17) is 9.47 Å². The van der Waals surface area contributed by atoms with Crippen LogP contribution in [0.2, 0.25) is 0 Å². The molecule has 1 spiro atoms. The van der Waals surface area contributed by atoms with Crippen LogP contribution in [0.25, 0.3) is 10.9 Å². The van der Waals surface area contributed by atoms with Crippen LogP contribution in [-0.4, -0.2) is 114 Å². The molecule has 3 aromatic rings. The van der Waals surface area contributed by atoms with Gasteiger partial charge in [0.1, 0.15) is 5.82 Å². The Labute approximate surface area is 346 Å². The number of amides is 1. The third-order valence-corrected chi connectivity index (χ3v) is 16.0. The number of aromatic nitrogens is 1. The number of rotatable bonds is 6. The van der Waals surface area contributed by atoms with Gasteiger partial charge >= 0.3 is 11.9 Å². The first-order valence-corrected chi connectivity index (χ1v) is 21.6. The fourth-order valence-electron chi connectivity index (χ4n) is 14.1. The number of carbonyl (C=O) groups is 3. The number of halogens is 1. The highest BCUT2D eigenvalue weighted by molar-refractivity contribution is 5.88. The molecule has 1 amide bonds. The van der Waals surface area contributed by atoms with Crippen LogP contribution >= 0.6 is 0 Å². The van der Waals surface area contributed by atoms with E-state index >= 15 is 4.39 Å². The molecule has 1 saturated carbocycles. The van der Waals surface area contributed by atoms with E-state index in [2.05, 4.69) is 77.0 Å². The number of piperidine rings is 1. The Morgan fingerprint density at radius 1 is 1.05 bits per heavy atom. The Bertz CT molecular complexity index is 2290. The summed E-state index contributed by atoms with van der Waals surface area (Å²) >= 11 is 0. The van der Waals surface area contributed by atoms with E-state index in [9.17, 15) is 19.5 Å². The summed E-state index contributed by atoms with van der Waals surface area (Å²) in [5.41, 5.74) is 2.50. The molecule has 6 aliphatic rings. The number of hydrogen-bond acceptors (Lipinski definition) is 9. The lowest BCUT2D eigenvalue weighted by Gasteiger charge is -2.63. The molecule has 2 bridgehead atoms. The first-order valence-electron chi connectivity index (χ1n) is 21.6. The minimum absolute atomic E-state index is 0.0224. The van der Waals surface area contributed by atoms with E-state index in [-0.39, 0.29) is 29.2 Å². The number of benzene rings is 2. The number of fused-ring (bicyclic) bond motifs is 6. The maximum atomic E-state index is 15.1. The maximum Gasteiger partial charge on any atom is 0.344 e. The zero-order chi connectivity index (χ0) is 42.0. The third kappa shape index (κ3) is 5.43. The standard InChI is InChI=1S/C47H60FN5O6/c1-9-44(50-28(4)54)24-30-23-43(6,38-32(14-18-52(25-30)26-44)33-21-31(48)12-13-36(33)49-38)34-22-35-37(20-27(34)3)51(7)40-46(35)16-19-53-17-11-15-45(10-2,39(46)53)41(59-29(5)55)47(40,57)42(56)58-8/h11-13,15,20-22,30,39-41,49,57H,9-10,14,16-19,23-26H2,1-8H3,(H,50,54)/t30-,39-,40?,41+,43+,44?,45+,46+,47-/m0/s1. The lowest BCUT2D eigenvalue weighted by atomic mass is 9.47. The van der Waals surface area contributed by atoms with Crippen LogP contribution in [0.3, 0.4) is 0 Å². The second kappa shape index (κ2) is 13.6. The van der Waals surface area contributed by atoms with Gasteiger partial charge in [-0.15, -0.1) is 0 Å². The highest BCUT2D eigenvalue weighted by Crippen LogP contribution is 2.68. The molecule has 0 radical (unpaired) electrons. The van der Waals surface area contributed by atoms with Gasteiger partial charge in [0.25, 0.3) is 0 Å². The van der Waals surface area contributed by atoms with Crippen molar-refractivity contribution >= 4 is 34.4 Å². The van der Waals surface area contributed by atoms with Crippen LogP contribution in [0.5, 0.6) is 0 Å². The van der Waals surface area contributed by atoms with Crippen LogP contribution in [0.1, 0.15) is 94.7 Å². The number of likely N-dealkylation sites (N-methyl/N-ethyl adjacent to an activating group) is 1. The van der Waals surface area contributed by atoms with Crippen molar-refractivity contribution in [2.75, 3.05) is 51.8 Å². The number of H-pyrrole nitrogens is 1. The van der Waals surface area contributed by atoms with Crippen LogP contribution in [-0.2, 0) is 41.1 Å². The van der Waals surface area contributed by atoms with Crippen molar-refractivity contribution in [2.24, 2.45) is 11.3 Å². The number of methoxy groups -OCH3 is 1. The Kier molecular flexibility index (Phi) is 9.27. The second-order valence-corrected chi connectivity index (χ2v) is 19.1. The minimum atomic E-state index is -2.21. The van der Waals surface area contributed by atoms with E-state index in [1.54, 1.807) is 13.0 Å². The average Bonchev–Trinajstić information content (AvgIpc) is 3.84. The van der Waals surface area contributed by atoms with Gasteiger partial charge in [0.2, 0.25) is 11.5 Å². The minimum Gasteiger partial charge on any atom is -0.467 e. The quantitative estimate of drug-likeness (QED) is 0.221. The highest BCUT2D eigenvalue weighted by atomic mass is 19.1. The topological polar surface area (TPSA) is 127 Å². The molecule has 6 heterocycles. The zero-order valence-corrected chi connectivity index (χ0v) is 35.8. The summed E-state index contributed by atoms with van der Waals surface area (Å²) in [6.07, 6.45) is 7.34. The van der Waals surface area contributed by atoms with Crippen LogP contribution in [0, 0.1) is 24.1 Å².